The van der Waals surface area contributed by atoms with E-state index < -0.39 is 11.9 Å². The van der Waals surface area contributed by atoms with Crippen molar-refractivity contribution in [2.24, 2.45) is 0 Å². The quantitative estimate of drug-likeness (QED) is 0.606. The molecule has 0 bridgehead atoms. The van der Waals surface area contributed by atoms with E-state index in [-0.39, 0.29) is 6.42 Å². The molecule has 1 aromatic heterocycles. The minimum absolute atomic E-state index is 0.138. The highest BCUT2D eigenvalue weighted by Crippen LogP contribution is 2.17. The third-order valence-electron chi connectivity index (χ3n) is 1.71. The molecule has 0 aliphatic heterocycles. The maximum atomic E-state index is 11.3. The van der Waals surface area contributed by atoms with Crippen LogP contribution in [0.5, 0.6) is 0 Å². The highest BCUT2D eigenvalue weighted by molar-refractivity contribution is 7.98. The molecule has 1 rings (SSSR count). The van der Waals surface area contributed by atoms with Gasteiger partial charge in [-0.2, -0.15) is 11.8 Å². The van der Waals surface area contributed by atoms with Crippen LogP contribution in [0.4, 0.5) is 0 Å². The van der Waals surface area contributed by atoms with Gasteiger partial charge in [0.05, 0.1) is 18.7 Å². The van der Waals surface area contributed by atoms with E-state index in [0.29, 0.717) is 23.1 Å². The number of nitrogens with zero attached hydrogens (tertiary/aromatic N) is 1. The first-order valence-corrected chi connectivity index (χ1v) is 7.08. The summed E-state index contributed by atoms with van der Waals surface area (Å²) < 4.78 is 4.82. The normalized spacial score (nSPS) is 10.2. The van der Waals surface area contributed by atoms with Gasteiger partial charge in [0.1, 0.15) is 0 Å². The number of carbonyl (C=O) groups excluding carboxylic acids is 1. The maximum absolute atomic E-state index is 11.3. The topological polar surface area (TPSA) is 76.5 Å². The molecule has 0 saturated heterocycles. The molecule has 0 spiro atoms. The van der Waals surface area contributed by atoms with Crippen molar-refractivity contribution in [3.05, 3.63) is 16.1 Å². The number of hydrogen-bond acceptors (Lipinski definition) is 6. The summed E-state index contributed by atoms with van der Waals surface area (Å²) in [4.78, 5) is 25.7. The Bertz CT molecular complexity index is 391. The van der Waals surface area contributed by atoms with E-state index in [1.54, 1.807) is 12.3 Å². The summed E-state index contributed by atoms with van der Waals surface area (Å²) in [5.41, 5.74) is 0.786. The van der Waals surface area contributed by atoms with Crippen molar-refractivity contribution in [2.45, 2.75) is 19.1 Å². The van der Waals surface area contributed by atoms with Gasteiger partial charge in [-0.1, -0.05) is 0 Å². The molecular formula is C10H13NO4S2. The summed E-state index contributed by atoms with van der Waals surface area (Å²) in [7, 11) is 0. The highest BCUT2D eigenvalue weighted by atomic mass is 32.2. The van der Waals surface area contributed by atoms with Crippen LogP contribution in [-0.4, -0.2) is 34.4 Å². The van der Waals surface area contributed by atoms with E-state index in [2.05, 4.69) is 4.98 Å². The Morgan fingerprint density at radius 2 is 2.35 bits per heavy atom. The van der Waals surface area contributed by atoms with Crippen molar-refractivity contribution >= 4 is 35.0 Å². The van der Waals surface area contributed by atoms with Crippen molar-refractivity contribution in [2.75, 3.05) is 12.4 Å². The Kier molecular flexibility index (Phi) is 5.99. The number of hydrogen-bond donors (Lipinski definition) is 1. The lowest BCUT2D eigenvalue weighted by Gasteiger charge is -1.97. The number of esters is 1. The van der Waals surface area contributed by atoms with Gasteiger partial charge >= 0.3 is 11.9 Å². The molecule has 17 heavy (non-hydrogen) atoms. The van der Waals surface area contributed by atoms with Crippen molar-refractivity contribution in [1.29, 1.82) is 0 Å². The number of aliphatic carboxylic acids is 1. The first-order valence-electron chi connectivity index (χ1n) is 5.04. The second kappa shape index (κ2) is 7.29. The summed E-state index contributed by atoms with van der Waals surface area (Å²) in [5.74, 6) is -0.0487. The van der Waals surface area contributed by atoms with E-state index in [4.69, 9.17) is 9.84 Å². The summed E-state index contributed by atoms with van der Waals surface area (Å²) in [5, 5.41) is 10.6. The van der Waals surface area contributed by atoms with Gasteiger partial charge in [-0.15, -0.1) is 11.3 Å². The van der Waals surface area contributed by atoms with Crippen LogP contribution in [-0.2, 0) is 15.3 Å². The lowest BCUT2D eigenvalue weighted by Crippen LogP contribution is -2.04. The van der Waals surface area contributed by atoms with Gasteiger partial charge in [0, 0.05) is 16.9 Å². The van der Waals surface area contributed by atoms with Gasteiger partial charge in [0.15, 0.2) is 0 Å². The number of ether oxygens (including phenoxy) is 1. The fourth-order valence-corrected chi connectivity index (χ4v) is 2.63. The molecule has 94 valence electrons. The number of carboxylic acids is 1. The van der Waals surface area contributed by atoms with Crippen LogP contribution < -0.4 is 0 Å². The van der Waals surface area contributed by atoms with Crippen LogP contribution >= 0.6 is 23.1 Å². The molecule has 0 fully saturated rings. The summed E-state index contributed by atoms with van der Waals surface area (Å²) >= 11 is 2.73. The average Bonchev–Trinajstić information content (AvgIpc) is 2.73. The maximum Gasteiger partial charge on any atom is 0.367 e. The average molecular weight is 275 g/mol. The van der Waals surface area contributed by atoms with Crippen molar-refractivity contribution < 1.29 is 19.4 Å². The number of carboxylic acid groups (broad SMARTS) is 1. The predicted octanol–water partition coefficient (Wildman–Crippen LogP) is 2.03. The summed E-state index contributed by atoms with van der Waals surface area (Å²) in [6.45, 7) is 2.08. The van der Waals surface area contributed by atoms with Crippen LogP contribution in [0.1, 0.15) is 28.8 Å². The minimum atomic E-state index is -0.803. The third-order valence-corrected chi connectivity index (χ3v) is 3.58. The molecule has 0 aliphatic carbocycles. The zero-order valence-corrected chi connectivity index (χ0v) is 11.0. The van der Waals surface area contributed by atoms with Gasteiger partial charge < -0.3 is 9.84 Å². The Hall–Kier alpha value is -1.08. The van der Waals surface area contributed by atoms with E-state index >= 15 is 0 Å². The van der Waals surface area contributed by atoms with Crippen LogP contribution in [0.15, 0.2) is 5.38 Å². The molecular weight excluding hydrogens is 262 g/mol. The van der Waals surface area contributed by atoms with E-state index in [1.165, 1.54) is 23.1 Å². The van der Waals surface area contributed by atoms with Crippen molar-refractivity contribution in [3.63, 3.8) is 0 Å². The molecule has 1 aromatic rings. The van der Waals surface area contributed by atoms with E-state index in [0.717, 1.165) is 5.69 Å². The van der Waals surface area contributed by atoms with Crippen LogP contribution in [0.3, 0.4) is 0 Å². The van der Waals surface area contributed by atoms with Crippen molar-refractivity contribution in [3.8, 4) is 0 Å². The summed E-state index contributed by atoms with van der Waals surface area (Å²) in [6.07, 6.45) is 0.138. The smallest absolute Gasteiger partial charge is 0.367 e. The highest BCUT2D eigenvalue weighted by Gasteiger charge is 2.11. The molecule has 0 amide bonds. The molecule has 0 unspecified atom stereocenters. The number of aromatic nitrogens is 1. The fraction of sp³-hybridized carbons (Fsp3) is 0.500. The fourth-order valence-electron chi connectivity index (χ4n) is 0.996. The van der Waals surface area contributed by atoms with Crippen LogP contribution in [0.25, 0.3) is 0 Å². The largest absolute Gasteiger partial charge is 0.481 e. The SMILES string of the molecule is CCOC(=O)c1nc(CSCCC(=O)O)cs1. The van der Waals surface area contributed by atoms with Crippen LogP contribution in [0, 0.1) is 0 Å². The monoisotopic (exact) mass is 275 g/mol. The Balaban J connectivity index is 2.35. The molecule has 0 atom stereocenters. The Morgan fingerprint density at radius 1 is 1.59 bits per heavy atom. The van der Waals surface area contributed by atoms with Gasteiger partial charge in [-0.25, -0.2) is 9.78 Å². The third kappa shape index (κ3) is 5.18. The van der Waals surface area contributed by atoms with E-state index in [9.17, 15) is 9.59 Å². The first-order chi connectivity index (χ1) is 8.13. The number of rotatable bonds is 7. The van der Waals surface area contributed by atoms with Crippen molar-refractivity contribution in [1.82, 2.24) is 4.98 Å². The first kappa shape index (κ1) is 14.0. The molecule has 7 heteroatoms. The number of thioether (sulfide) groups is 1. The molecule has 0 saturated carbocycles. The zero-order chi connectivity index (χ0) is 12.7. The molecule has 1 N–H and O–H groups in total. The molecule has 0 aromatic carbocycles. The zero-order valence-electron chi connectivity index (χ0n) is 9.34. The summed E-state index contributed by atoms with van der Waals surface area (Å²) in [6, 6.07) is 0. The second-order valence-corrected chi connectivity index (χ2v) is 5.02. The van der Waals surface area contributed by atoms with Gasteiger partial charge in [-0.05, 0) is 6.92 Å². The standard InChI is InChI=1S/C10H13NO4S2/c1-2-15-10(14)9-11-7(6-17-9)5-16-4-3-8(12)13/h6H,2-5H2,1H3,(H,12,13). The molecule has 0 radical (unpaired) electrons. The lowest BCUT2D eigenvalue weighted by molar-refractivity contribution is -0.136. The Morgan fingerprint density at radius 3 is 3.00 bits per heavy atom. The molecule has 5 nitrogen and oxygen atoms in total. The van der Waals surface area contributed by atoms with E-state index in [1.807, 2.05) is 0 Å². The molecule has 0 aliphatic rings. The van der Waals surface area contributed by atoms with Gasteiger partial charge in [-0.3, -0.25) is 4.79 Å². The Labute approximate surface area is 107 Å². The number of carbonyl (C=O) groups is 2. The van der Waals surface area contributed by atoms with Gasteiger partial charge in [0.25, 0.3) is 0 Å². The molecule has 1 heterocycles. The second-order valence-electron chi connectivity index (χ2n) is 3.06. The minimum Gasteiger partial charge on any atom is -0.481 e. The number of thiazole rings is 1. The lowest BCUT2D eigenvalue weighted by atomic mass is 10.5. The van der Waals surface area contributed by atoms with Crippen LogP contribution in [0.2, 0.25) is 0 Å². The van der Waals surface area contributed by atoms with Gasteiger partial charge in [0.2, 0.25) is 5.01 Å². The predicted molar refractivity (Wildman–Crippen MR) is 66.5 cm³/mol.